The molecule has 0 N–H and O–H groups in total. The molecule has 0 unspecified atom stereocenters. The quantitative estimate of drug-likeness (QED) is 0.772. The van der Waals surface area contributed by atoms with Crippen molar-refractivity contribution >= 4 is 17.1 Å². The third kappa shape index (κ3) is 2.59. The Morgan fingerprint density at radius 3 is 2.61 bits per heavy atom. The molecule has 1 aromatic carbocycles. The Morgan fingerprint density at radius 1 is 1.33 bits per heavy atom. The molecule has 0 saturated carbocycles. The number of hydrogen-bond donors (Lipinski definition) is 0. The summed E-state index contributed by atoms with van der Waals surface area (Å²) >= 11 is 0.566. The van der Waals surface area contributed by atoms with Crippen LogP contribution in [-0.2, 0) is 6.18 Å². The van der Waals surface area contributed by atoms with Crippen LogP contribution in [-0.4, -0.2) is 10.8 Å². The highest BCUT2D eigenvalue weighted by molar-refractivity contribution is 7.15. The van der Waals surface area contributed by atoms with E-state index in [1.807, 2.05) is 0 Å². The number of nitrogens with zero attached hydrogens (tertiary/aromatic N) is 1. The van der Waals surface area contributed by atoms with E-state index in [2.05, 4.69) is 4.98 Å². The predicted octanol–water partition coefficient (Wildman–Crippen LogP) is 4.03. The number of alkyl halides is 3. The van der Waals surface area contributed by atoms with Gasteiger partial charge in [0, 0.05) is 11.8 Å². The topological polar surface area (TPSA) is 30.0 Å². The zero-order valence-corrected chi connectivity index (χ0v) is 10.1. The monoisotopic (exact) mass is 271 g/mol. The first-order chi connectivity index (χ1) is 8.38. The van der Waals surface area contributed by atoms with Crippen molar-refractivity contribution in [2.75, 3.05) is 0 Å². The molecule has 0 spiro atoms. The van der Waals surface area contributed by atoms with Gasteiger partial charge in [0.25, 0.3) is 0 Å². The Balaban J connectivity index is 2.40. The number of carbonyl (C=O) groups is 1. The maximum absolute atomic E-state index is 12.4. The number of carbonyl (C=O) groups excluding carboxylic acids is 1. The van der Waals surface area contributed by atoms with Crippen molar-refractivity contribution in [1.29, 1.82) is 0 Å². The molecule has 0 amide bonds. The number of hydrogen-bond acceptors (Lipinski definition) is 3. The molecule has 2 rings (SSSR count). The normalized spacial score (nSPS) is 11.6. The zero-order valence-electron chi connectivity index (χ0n) is 9.28. The summed E-state index contributed by atoms with van der Waals surface area (Å²) in [6.45, 7) is 1.41. The average molecular weight is 271 g/mol. The van der Waals surface area contributed by atoms with Crippen LogP contribution in [0, 0.1) is 0 Å². The molecule has 0 bridgehead atoms. The highest BCUT2D eigenvalue weighted by atomic mass is 32.1. The molecule has 0 aliphatic heterocycles. The second-order valence-electron chi connectivity index (χ2n) is 3.66. The lowest BCUT2D eigenvalue weighted by Gasteiger charge is -2.00. The van der Waals surface area contributed by atoms with Crippen LogP contribution in [0.25, 0.3) is 10.4 Å². The number of ketones is 1. The maximum Gasteiger partial charge on any atom is 0.443 e. The number of thiazole rings is 1. The first kappa shape index (κ1) is 12.8. The smallest absolute Gasteiger partial charge is 0.295 e. The van der Waals surface area contributed by atoms with E-state index in [0.29, 0.717) is 27.3 Å². The Morgan fingerprint density at radius 2 is 2.06 bits per heavy atom. The van der Waals surface area contributed by atoms with E-state index < -0.39 is 11.2 Å². The Kier molecular flexibility index (Phi) is 3.21. The van der Waals surface area contributed by atoms with E-state index in [1.165, 1.54) is 13.1 Å². The van der Waals surface area contributed by atoms with Gasteiger partial charge in [0.2, 0.25) is 0 Å². The first-order valence-electron chi connectivity index (χ1n) is 5.02. The van der Waals surface area contributed by atoms with Gasteiger partial charge in [-0.3, -0.25) is 4.79 Å². The van der Waals surface area contributed by atoms with E-state index >= 15 is 0 Å². The van der Waals surface area contributed by atoms with E-state index in [0.717, 1.165) is 0 Å². The van der Waals surface area contributed by atoms with Crippen LogP contribution in [0.4, 0.5) is 13.2 Å². The fourth-order valence-corrected chi connectivity index (χ4v) is 2.21. The largest absolute Gasteiger partial charge is 0.443 e. The molecule has 0 saturated heterocycles. The van der Waals surface area contributed by atoms with Crippen molar-refractivity contribution in [2.24, 2.45) is 0 Å². The van der Waals surface area contributed by atoms with Crippen molar-refractivity contribution in [1.82, 2.24) is 4.98 Å². The highest BCUT2D eigenvalue weighted by Gasteiger charge is 2.34. The maximum atomic E-state index is 12.4. The first-order valence-corrected chi connectivity index (χ1v) is 5.84. The summed E-state index contributed by atoms with van der Waals surface area (Å²) in [5.74, 6) is -0.127. The van der Waals surface area contributed by atoms with Gasteiger partial charge in [0.05, 0.1) is 4.88 Å². The summed E-state index contributed by atoms with van der Waals surface area (Å²) in [5.41, 5.74) is 1.03. The van der Waals surface area contributed by atoms with Gasteiger partial charge in [0.15, 0.2) is 10.8 Å². The fraction of sp³-hybridized carbons (Fsp3) is 0.167. The lowest BCUT2D eigenvalue weighted by Crippen LogP contribution is -2.02. The van der Waals surface area contributed by atoms with Gasteiger partial charge in [-0.15, -0.1) is 11.3 Å². The van der Waals surface area contributed by atoms with Crippen LogP contribution in [0.2, 0.25) is 0 Å². The van der Waals surface area contributed by atoms with E-state index in [-0.39, 0.29) is 5.78 Å². The molecule has 0 aliphatic rings. The van der Waals surface area contributed by atoms with Gasteiger partial charge in [-0.05, 0) is 18.6 Å². The van der Waals surface area contributed by atoms with Crippen LogP contribution < -0.4 is 0 Å². The van der Waals surface area contributed by atoms with E-state index in [1.54, 1.807) is 24.3 Å². The summed E-state index contributed by atoms with van der Waals surface area (Å²) in [4.78, 5) is 14.9. The van der Waals surface area contributed by atoms with Crippen LogP contribution in [0.3, 0.4) is 0 Å². The number of rotatable bonds is 2. The fourth-order valence-electron chi connectivity index (χ4n) is 1.43. The van der Waals surface area contributed by atoms with Crippen molar-refractivity contribution in [2.45, 2.75) is 13.1 Å². The molecule has 1 heterocycles. The molecule has 0 fully saturated rings. The molecule has 1 aromatic heterocycles. The average Bonchev–Trinajstić information content (AvgIpc) is 2.78. The van der Waals surface area contributed by atoms with Gasteiger partial charge in [-0.1, -0.05) is 18.2 Å². The summed E-state index contributed by atoms with van der Waals surface area (Å²) in [5, 5.41) is -0.884. The summed E-state index contributed by atoms with van der Waals surface area (Å²) < 4.78 is 37.3. The van der Waals surface area contributed by atoms with Crippen LogP contribution >= 0.6 is 11.3 Å². The van der Waals surface area contributed by atoms with Crippen LogP contribution in [0.5, 0.6) is 0 Å². The van der Waals surface area contributed by atoms with Gasteiger partial charge in [0.1, 0.15) is 0 Å². The summed E-state index contributed by atoms with van der Waals surface area (Å²) in [6, 6.07) is 6.48. The second-order valence-corrected chi connectivity index (χ2v) is 4.70. The Labute approximate surface area is 105 Å². The zero-order chi connectivity index (χ0) is 13.3. The molecule has 18 heavy (non-hydrogen) atoms. The molecule has 2 nitrogen and oxygen atoms in total. The Bertz CT molecular complexity index is 589. The lowest BCUT2D eigenvalue weighted by molar-refractivity contribution is -0.137. The van der Waals surface area contributed by atoms with Gasteiger partial charge < -0.3 is 0 Å². The van der Waals surface area contributed by atoms with Crippen molar-refractivity contribution in [3.8, 4) is 10.4 Å². The van der Waals surface area contributed by atoms with Crippen LogP contribution in [0.1, 0.15) is 22.3 Å². The van der Waals surface area contributed by atoms with Crippen molar-refractivity contribution in [3.63, 3.8) is 0 Å². The molecule has 2 aromatic rings. The number of Topliss-reactive ketones (excluding diaryl/α,β-unsaturated/α-hetero) is 1. The lowest BCUT2D eigenvalue weighted by atomic mass is 10.1. The van der Waals surface area contributed by atoms with Gasteiger partial charge >= 0.3 is 6.18 Å². The summed E-state index contributed by atoms with van der Waals surface area (Å²) in [7, 11) is 0. The Hall–Kier alpha value is -1.69. The molecule has 94 valence electrons. The highest BCUT2D eigenvalue weighted by Crippen LogP contribution is 2.36. The van der Waals surface area contributed by atoms with E-state index in [9.17, 15) is 18.0 Å². The molecule has 6 heteroatoms. The SMILES string of the molecule is CC(=O)c1cccc(-c2cnc(C(F)(F)F)s2)c1. The van der Waals surface area contributed by atoms with Gasteiger partial charge in [-0.25, -0.2) is 4.98 Å². The molecule has 0 atom stereocenters. The minimum absolute atomic E-state index is 0.127. The predicted molar refractivity (Wildman–Crippen MR) is 62.6 cm³/mol. The minimum Gasteiger partial charge on any atom is -0.295 e. The molecule has 0 radical (unpaired) electrons. The van der Waals surface area contributed by atoms with Crippen molar-refractivity contribution in [3.05, 3.63) is 41.0 Å². The third-order valence-electron chi connectivity index (χ3n) is 2.30. The third-order valence-corrected chi connectivity index (χ3v) is 3.39. The van der Waals surface area contributed by atoms with E-state index in [4.69, 9.17) is 0 Å². The van der Waals surface area contributed by atoms with Crippen LogP contribution in [0.15, 0.2) is 30.5 Å². The summed E-state index contributed by atoms with van der Waals surface area (Å²) in [6.07, 6.45) is -3.26. The van der Waals surface area contributed by atoms with Gasteiger partial charge in [-0.2, -0.15) is 13.2 Å². The number of benzene rings is 1. The number of aromatic nitrogens is 1. The second kappa shape index (κ2) is 4.53. The standard InChI is InChI=1S/C12H8F3NOS/c1-7(17)8-3-2-4-9(5-8)10-6-16-11(18-10)12(13,14)15/h2-6H,1H3. The molecular weight excluding hydrogens is 263 g/mol. The number of halogens is 3. The van der Waals surface area contributed by atoms with Crippen molar-refractivity contribution < 1.29 is 18.0 Å². The minimum atomic E-state index is -4.43. The molecule has 0 aliphatic carbocycles. The molecular formula is C12H8F3NOS.